The Morgan fingerprint density at radius 3 is 3.11 bits per heavy atom. The van der Waals surface area contributed by atoms with Crippen LogP contribution < -0.4 is 0 Å². The molecule has 1 rings (SSSR count). The highest BCUT2D eigenvalue weighted by Crippen LogP contribution is 2.09. The van der Waals surface area contributed by atoms with E-state index in [4.69, 9.17) is 5.41 Å². The predicted octanol–water partition coefficient (Wildman–Crippen LogP) is 2.33. The molecule has 0 aromatic carbocycles. The van der Waals surface area contributed by atoms with Gasteiger partial charge in [0, 0.05) is 4.88 Å². The van der Waals surface area contributed by atoms with Crippen LogP contribution in [0.4, 0.5) is 0 Å². The molecule has 1 nitrogen and oxygen atoms in total. The highest BCUT2D eigenvalue weighted by Gasteiger charge is 1.88. The maximum Gasteiger partial charge on any atom is 0.00488 e. The van der Waals surface area contributed by atoms with Crippen molar-refractivity contribution in [3.05, 3.63) is 22.4 Å². The molecule has 0 atom stereocenters. The number of hydrogen-bond acceptors (Lipinski definition) is 2. The van der Waals surface area contributed by atoms with E-state index in [9.17, 15) is 0 Å². The summed E-state index contributed by atoms with van der Waals surface area (Å²) in [6.07, 6.45) is 3.36. The van der Waals surface area contributed by atoms with Crippen molar-refractivity contribution < 1.29 is 0 Å². The van der Waals surface area contributed by atoms with Crippen molar-refractivity contribution in [3.8, 4) is 0 Å². The van der Waals surface area contributed by atoms with E-state index in [1.54, 1.807) is 11.3 Å². The number of nitrogens with one attached hydrogen (secondary N) is 1. The monoisotopic (exact) mass is 139 g/mol. The predicted molar refractivity (Wildman–Crippen MR) is 41.4 cm³/mol. The summed E-state index contributed by atoms with van der Waals surface area (Å²) in [7, 11) is 0. The van der Waals surface area contributed by atoms with Crippen LogP contribution in [0.2, 0.25) is 0 Å². The molecule has 0 aliphatic heterocycles. The highest BCUT2D eigenvalue weighted by molar-refractivity contribution is 7.09. The molecule has 0 amide bonds. The SMILES string of the molecule is N=CCCc1cccs1. The highest BCUT2D eigenvalue weighted by atomic mass is 32.1. The minimum Gasteiger partial charge on any atom is -0.313 e. The van der Waals surface area contributed by atoms with Gasteiger partial charge in [-0.1, -0.05) is 6.07 Å². The molecule has 0 radical (unpaired) electrons. The molecular formula is C7H9NS. The van der Waals surface area contributed by atoms with E-state index in [0.29, 0.717) is 0 Å². The summed E-state index contributed by atoms with van der Waals surface area (Å²) < 4.78 is 0. The van der Waals surface area contributed by atoms with Gasteiger partial charge in [-0.25, -0.2) is 0 Å². The molecule has 0 unspecified atom stereocenters. The first-order valence-corrected chi connectivity index (χ1v) is 3.83. The molecule has 1 aromatic heterocycles. The molecule has 48 valence electrons. The zero-order valence-electron chi connectivity index (χ0n) is 5.13. The molecule has 0 bridgehead atoms. The number of rotatable bonds is 3. The Balaban J connectivity index is 2.38. The average Bonchev–Trinajstić information content (AvgIpc) is 2.34. The van der Waals surface area contributed by atoms with Crippen LogP contribution in [0.1, 0.15) is 11.3 Å². The van der Waals surface area contributed by atoms with Gasteiger partial charge in [-0.15, -0.1) is 11.3 Å². The molecule has 0 saturated carbocycles. The first-order valence-electron chi connectivity index (χ1n) is 2.95. The quantitative estimate of drug-likeness (QED) is 0.621. The summed E-state index contributed by atoms with van der Waals surface area (Å²) in [6, 6.07) is 4.15. The van der Waals surface area contributed by atoms with Crippen LogP contribution in [0.5, 0.6) is 0 Å². The fourth-order valence-electron chi connectivity index (χ4n) is 0.669. The third kappa shape index (κ3) is 1.98. The molecule has 2 heteroatoms. The number of thiophene rings is 1. The molecule has 1 heterocycles. The van der Waals surface area contributed by atoms with E-state index in [0.717, 1.165) is 12.8 Å². The van der Waals surface area contributed by atoms with Crippen LogP contribution >= 0.6 is 11.3 Å². The summed E-state index contributed by atoms with van der Waals surface area (Å²) in [5.74, 6) is 0. The minimum absolute atomic E-state index is 0.876. The zero-order chi connectivity index (χ0) is 6.53. The van der Waals surface area contributed by atoms with Crippen LogP contribution in [-0.4, -0.2) is 6.21 Å². The Hall–Kier alpha value is -0.630. The van der Waals surface area contributed by atoms with Gasteiger partial charge in [0.25, 0.3) is 0 Å². The molecule has 1 aromatic rings. The van der Waals surface area contributed by atoms with Gasteiger partial charge in [-0.05, 0) is 30.5 Å². The van der Waals surface area contributed by atoms with Gasteiger partial charge in [0.15, 0.2) is 0 Å². The second kappa shape index (κ2) is 3.41. The first kappa shape index (κ1) is 6.49. The zero-order valence-corrected chi connectivity index (χ0v) is 5.95. The van der Waals surface area contributed by atoms with E-state index >= 15 is 0 Å². The van der Waals surface area contributed by atoms with E-state index in [2.05, 4.69) is 11.4 Å². The fraction of sp³-hybridized carbons (Fsp3) is 0.286. The molecule has 0 aliphatic carbocycles. The van der Waals surface area contributed by atoms with Gasteiger partial charge in [0.05, 0.1) is 0 Å². The molecule has 0 aliphatic rings. The van der Waals surface area contributed by atoms with E-state index in [-0.39, 0.29) is 0 Å². The lowest BCUT2D eigenvalue weighted by Crippen LogP contribution is -1.78. The molecular weight excluding hydrogens is 130 g/mol. The van der Waals surface area contributed by atoms with Crippen molar-refractivity contribution in [2.75, 3.05) is 0 Å². The second-order valence-electron chi connectivity index (χ2n) is 1.82. The van der Waals surface area contributed by atoms with Crippen LogP contribution in [0, 0.1) is 5.41 Å². The van der Waals surface area contributed by atoms with Crippen molar-refractivity contribution in [2.24, 2.45) is 0 Å². The number of aryl methyl sites for hydroxylation is 1. The van der Waals surface area contributed by atoms with Crippen LogP contribution in [-0.2, 0) is 6.42 Å². The topological polar surface area (TPSA) is 23.9 Å². The third-order valence-corrected chi connectivity index (χ3v) is 2.05. The van der Waals surface area contributed by atoms with Gasteiger partial charge >= 0.3 is 0 Å². The van der Waals surface area contributed by atoms with Crippen LogP contribution in [0.3, 0.4) is 0 Å². The molecule has 0 saturated heterocycles. The Morgan fingerprint density at radius 1 is 1.67 bits per heavy atom. The van der Waals surface area contributed by atoms with Gasteiger partial charge < -0.3 is 5.41 Å². The summed E-state index contributed by atoms with van der Waals surface area (Å²) in [5.41, 5.74) is 0. The van der Waals surface area contributed by atoms with Crippen LogP contribution in [0.15, 0.2) is 17.5 Å². The van der Waals surface area contributed by atoms with Crippen molar-refractivity contribution >= 4 is 17.6 Å². The average molecular weight is 139 g/mol. The Kier molecular flexibility index (Phi) is 2.46. The maximum absolute atomic E-state index is 6.78. The largest absolute Gasteiger partial charge is 0.313 e. The van der Waals surface area contributed by atoms with Crippen molar-refractivity contribution in [1.82, 2.24) is 0 Å². The molecule has 0 fully saturated rings. The summed E-state index contributed by atoms with van der Waals surface area (Å²) in [6.45, 7) is 0. The van der Waals surface area contributed by atoms with Gasteiger partial charge in [-0.2, -0.15) is 0 Å². The standard InChI is InChI=1S/C7H9NS/c8-5-1-3-7-4-2-6-9-7/h2,4-6,8H,1,3H2. The van der Waals surface area contributed by atoms with Gasteiger partial charge in [0.2, 0.25) is 0 Å². The molecule has 1 N–H and O–H groups in total. The first-order chi connectivity index (χ1) is 4.43. The summed E-state index contributed by atoms with van der Waals surface area (Å²) >= 11 is 1.76. The summed E-state index contributed by atoms with van der Waals surface area (Å²) in [4.78, 5) is 1.37. The fourth-order valence-corrected chi connectivity index (χ4v) is 1.39. The maximum atomic E-state index is 6.78. The lowest BCUT2D eigenvalue weighted by Gasteiger charge is -1.86. The van der Waals surface area contributed by atoms with Gasteiger partial charge in [-0.3, -0.25) is 0 Å². The third-order valence-electron chi connectivity index (χ3n) is 1.12. The van der Waals surface area contributed by atoms with Crippen molar-refractivity contribution in [1.29, 1.82) is 5.41 Å². The van der Waals surface area contributed by atoms with E-state index in [1.165, 1.54) is 11.1 Å². The van der Waals surface area contributed by atoms with E-state index < -0.39 is 0 Å². The Bertz CT molecular complexity index is 167. The Morgan fingerprint density at radius 2 is 2.56 bits per heavy atom. The Labute approximate surface area is 58.9 Å². The molecule has 9 heavy (non-hydrogen) atoms. The van der Waals surface area contributed by atoms with Crippen LogP contribution in [0.25, 0.3) is 0 Å². The minimum atomic E-state index is 0.876. The van der Waals surface area contributed by atoms with Crippen molar-refractivity contribution in [2.45, 2.75) is 12.8 Å². The van der Waals surface area contributed by atoms with Crippen molar-refractivity contribution in [3.63, 3.8) is 0 Å². The normalized spacial score (nSPS) is 9.33. The lowest BCUT2D eigenvalue weighted by molar-refractivity contribution is 1.08. The van der Waals surface area contributed by atoms with E-state index in [1.807, 2.05) is 6.07 Å². The smallest absolute Gasteiger partial charge is 0.00488 e. The summed E-state index contributed by atoms with van der Waals surface area (Å²) in [5, 5.41) is 8.85. The van der Waals surface area contributed by atoms with Gasteiger partial charge in [0.1, 0.15) is 0 Å². The molecule has 0 spiro atoms. The second-order valence-corrected chi connectivity index (χ2v) is 2.85. The lowest BCUT2D eigenvalue weighted by atomic mass is 10.3. The number of hydrogen-bond donors (Lipinski definition) is 1.